The Balaban J connectivity index is 1.69. The predicted octanol–water partition coefficient (Wildman–Crippen LogP) is 3.64. The third kappa shape index (κ3) is 3.48. The van der Waals surface area contributed by atoms with Crippen LogP contribution in [0.5, 0.6) is 0 Å². The monoisotopic (exact) mass is 386 g/mol. The number of amides is 2. The van der Waals surface area contributed by atoms with Crippen LogP contribution >= 0.6 is 0 Å². The molecule has 6 heteroatoms. The largest absolute Gasteiger partial charge is 0.465 e. The highest BCUT2D eigenvalue weighted by molar-refractivity contribution is 6.11. The van der Waals surface area contributed by atoms with Gasteiger partial charge in [-0.15, -0.1) is 0 Å². The molecular formula is C23H18N2O4. The molecule has 2 amide bonds. The number of methoxy groups -OCH3 is 1. The Bertz CT molecular complexity index is 1110. The minimum Gasteiger partial charge on any atom is -0.465 e. The van der Waals surface area contributed by atoms with Gasteiger partial charge >= 0.3 is 5.97 Å². The Morgan fingerprint density at radius 1 is 0.931 bits per heavy atom. The van der Waals surface area contributed by atoms with Crippen molar-refractivity contribution >= 4 is 23.5 Å². The molecule has 1 heterocycles. The van der Waals surface area contributed by atoms with Crippen LogP contribution in [-0.4, -0.2) is 24.9 Å². The lowest BCUT2D eigenvalue weighted by atomic mass is 9.95. The second-order valence-corrected chi connectivity index (χ2v) is 6.59. The van der Waals surface area contributed by atoms with Gasteiger partial charge in [0.2, 0.25) is 0 Å². The first-order chi connectivity index (χ1) is 14.1. The summed E-state index contributed by atoms with van der Waals surface area (Å²) in [7, 11) is 1.34. The minimum atomic E-state index is -0.405. The molecule has 0 saturated carbocycles. The summed E-state index contributed by atoms with van der Waals surface area (Å²) >= 11 is 0. The molecule has 1 aliphatic rings. The highest BCUT2D eigenvalue weighted by atomic mass is 16.5. The van der Waals surface area contributed by atoms with Crippen LogP contribution < -0.4 is 10.6 Å². The fourth-order valence-electron chi connectivity index (χ4n) is 3.41. The number of ether oxygens (including phenoxy) is 1. The summed E-state index contributed by atoms with van der Waals surface area (Å²) in [5.74, 6) is -0.906. The normalized spacial score (nSPS) is 12.1. The van der Waals surface area contributed by atoms with Gasteiger partial charge in [0.25, 0.3) is 11.8 Å². The predicted molar refractivity (Wildman–Crippen MR) is 109 cm³/mol. The third-order valence-corrected chi connectivity index (χ3v) is 4.87. The van der Waals surface area contributed by atoms with E-state index in [4.69, 9.17) is 4.74 Å². The van der Waals surface area contributed by atoms with E-state index in [9.17, 15) is 14.4 Å². The Morgan fingerprint density at radius 2 is 1.66 bits per heavy atom. The van der Waals surface area contributed by atoms with Gasteiger partial charge in [-0.25, -0.2) is 4.79 Å². The molecule has 0 aromatic heterocycles. The molecule has 0 aliphatic carbocycles. The molecule has 0 unspecified atom stereocenters. The fraction of sp³-hybridized carbons (Fsp3) is 0.0870. The van der Waals surface area contributed by atoms with E-state index in [1.807, 2.05) is 24.3 Å². The van der Waals surface area contributed by atoms with E-state index in [1.165, 1.54) is 7.11 Å². The first-order valence-corrected chi connectivity index (χ1v) is 9.07. The second-order valence-electron chi connectivity index (χ2n) is 6.59. The van der Waals surface area contributed by atoms with Crippen molar-refractivity contribution in [2.45, 2.75) is 6.54 Å². The van der Waals surface area contributed by atoms with E-state index in [0.717, 1.165) is 16.7 Å². The Hall–Kier alpha value is -3.93. The van der Waals surface area contributed by atoms with Crippen molar-refractivity contribution in [3.8, 4) is 11.1 Å². The number of hydrogen-bond donors (Lipinski definition) is 2. The topological polar surface area (TPSA) is 84.5 Å². The van der Waals surface area contributed by atoms with E-state index in [0.29, 0.717) is 28.9 Å². The van der Waals surface area contributed by atoms with E-state index < -0.39 is 5.97 Å². The van der Waals surface area contributed by atoms with Crippen LogP contribution in [0.3, 0.4) is 0 Å². The molecule has 3 aromatic rings. The molecule has 3 aromatic carbocycles. The van der Waals surface area contributed by atoms with Crippen molar-refractivity contribution in [1.82, 2.24) is 5.32 Å². The molecule has 4 rings (SSSR count). The van der Waals surface area contributed by atoms with Gasteiger partial charge in [-0.05, 0) is 47.0 Å². The maximum Gasteiger partial charge on any atom is 0.337 e. The zero-order valence-electron chi connectivity index (χ0n) is 15.7. The SMILES string of the molecule is COC(=O)c1ccc(-c2ccc(NC(=O)c3ccccc3)c3c2CNC3=O)cc1. The molecule has 2 N–H and O–H groups in total. The van der Waals surface area contributed by atoms with Crippen molar-refractivity contribution in [1.29, 1.82) is 0 Å². The van der Waals surface area contributed by atoms with Gasteiger partial charge in [0, 0.05) is 12.1 Å². The molecule has 6 nitrogen and oxygen atoms in total. The van der Waals surface area contributed by atoms with E-state index in [2.05, 4.69) is 10.6 Å². The molecule has 144 valence electrons. The Morgan fingerprint density at radius 3 is 2.34 bits per heavy atom. The number of nitrogens with one attached hydrogen (secondary N) is 2. The lowest BCUT2D eigenvalue weighted by Crippen LogP contribution is -2.17. The third-order valence-electron chi connectivity index (χ3n) is 4.87. The van der Waals surface area contributed by atoms with Gasteiger partial charge in [0.05, 0.1) is 23.9 Å². The van der Waals surface area contributed by atoms with Gasteiger partial charge < -0.3 is 15.4 Å². The van der Waals surface area contributed by atoms with Gasteiger partial charge in [-0.3, -0.25) is 9.59 Å². The molecule has 0 saturated heterocycles. The van der Waals surface area contributed by atoms with Crippen molar-refractivity contribution in [2.24, 2.45) is 0 Å². The second kappa shape index (κ2) is 7.59. The number of fused-ring (bicyclic) bond motifs is 1. The van der Waals surface area contributed by atoms with Crippen molar-refractivity contribution in [3.05, 3.63) is 89.0 Å². The van der Waals surface area contributed by atoms with Crippen LogP contribution in [0.2, 0.25) is 0 Å². The molecule has 1 aliphatic heterocycles. The smallest absolute Gasteiger partial charge is 0.337 e. The molecular weight excluding hydrogens is 368 g/mol. The number of carbonyl (C=O) groups excluding carboxylic acids is 3. The number of carbonyl (C=O) groups is 3. The lowest BCUT2D eigenvalue weighted by molar-refractivity contribution is 0.0600. The zero-order chi connectivity index (χ0) is 20.4. The summed E-state index contributed by atoms with van der Waals surface area (Å²) in [5.41, 5.74) is 4.45. The van der Waals surface area contributed by atoms with Crippen LogP contribution in [0.1, 0.15) is 36.6 Å². The maximum absolute atomic E-state index is 12.5. The molecule has 0 spiro atoms. The molecule has 0 atom stereocenters. The van der Waals surface area contributed by atoms with Crippen molar-refractivity contribution < 1.29 is 19.1 Å². The van der Waals surface area contributed by atoms with E-state index in [1.54, 1.807) is 42.5 Å². The van der Waals surface area contributed by atoms with Crippen LogP contribution in [0.4, 0.5) is 5.69 Å². The Labute approximate surface area is 167 Å². The van der Waals surface area contributed by atoms with Gasteiger partial charge in [0.15, 0.2) is 0 Å². The number of esters is 1. The first-order valence-electron chi connectivity index (χ1n) is 9.07. The summed E-state index contributed by atoms with van der Waals surface area (Å²) in [6.45, 7) is 0.372. The zero-order valence-corrected chi connectivity index (χ0v) is 15.7. The van der Waals surface area contributed by atoms with Crippen LogP contribution in [-0.2, 0) is 11.3 Å². The summed E-state index contributed by atoms with van der Waals surface area (Å²) in [6, 6.07) is 19.4. The number of anilines is 1. The molecule has 0 bridgehead atoms. The van der Waals surface area contributed by atoms with Crippen molar-refractivity contribution in [3.63, 3.8) is 0 Å². The van der Waals surface area contributed by atoms with Crippen LogP contribution in [0, 0.1) is 0 Å². The maximum atomic E-state index is 12.5. The highest BCUT2D eigenvalue weighted by Gasteiger charge is 2.27. The Kier molecular flexibility index (Phi) is 4.83. The van der Waals surface area contributed by atoms with Crippen molar-refractivity contribution in [2.75, 3.05) is 12.4 Å². The standard InChI is InChI=1S/C23H18N2O4/c1-29-23(28)16-9-7-14(8-10-16)17-11-12-19(20-18(17)13-24-22(20)27)25-21(26)15-5-3-2-4-6-15/h2-12H,13H2,1H3,(H,24,27)(H,25,26). The summed E-state index contributed by atoms with van der Waals surface area (Å²) in [6.07, 6.45) is 0. The molecule has 0 radical (unpaired) electrons. The lowest BCUT2D eigenvalue weighted by Gasteiger charge is -2.13. The highest BCUT2D eigenvalue weighted by Crippen LogP contribution is 2.34. The quantitative estimate of drug-likeness (QED) is 0.671. The molecule has 29 heavy (non-hydrogen) atoms. The van der Waals surface area contributed by atoms with Gasteiger partial charge in [-0.2, -0.15) is 0 Å². The van der Waals surface area contributed by atoms with Crippen LogP contribution in [0.25, 0.3) is 11.1 Å². The van der Waals surface area contributed by atoms with E-state index in [-0.39, 0.29) is 11.8 Å². The first kappa shape index (κ1) is 18.4. The van der Waals surface area contributed by atoms with E-state index >= 15 is 0 Å². The summed E-state index contributed by atoms with van der Waals surface area (Å²) in [4.78, 5) is 36.6. The number of benzene rings is 3. The van der Waals surface area contributed by atoms with Gasteiger partial charge in [-0.1, -0.05) is 36.4 Å². The number of rotatable bonds is 4. The average molecular weight is 386 g/mol. The summed E-state index contributed by atoms with van der Waals surface area (Å²) < 4.78 is 4.73. The number of hydrogen-bond acceptors (Lipinski definition) is 4. The minimum absolute atomic E-state index is 0.226. The van der Waals surface area contributed by atoms with Crippen LogP contribution in [0.15, 0.2) is 66.7 Å². The molecule has 0 fully saturated rings. The van der Waals surface area contributed by atoms with Gasteiger partial charge in [0.1, 0.15) is 0 Å². The average Bonchev–Trinajstić information content (AvgIpc) is 3.16. The fourth-order valence-corrected chi connectivity index (χ4v) is 3.41. The summed E-state index contributed by atoms with van der Waals surface area (Å²) in [5, 5.41) is 5.66.